The molecule has 10 heteroatoms. The molecule has 0 aliphatic heterocycles. The van der Waals surface area contributed by atoms with E-state index in [4.69, 9.17) is 12.2 Å². The van der Waals surface area contributed by atoms with Crippen molar-refractivity contribution in [1.82, 2.24) is 25.4 Å². The smallest absolute Gasteiger partial charge is 0.275 e. The van der Waals surface area contributed by atoms with Crippen LogP contribution in [0.3, 0.4) is 0 Å². The molecule has 39 heavy (non-hydrogen) atoms. The SMILES string of the molecule is Cc1cccc(-c2[nH][nH]c(=O)c2C(=O)c2[nH]c(=S)c(C#N)cc2-c2c(-c3cccc(C)c3C)[nH][nH]c2=O)c1C. The third-order valence-electron chi connectivity index (χ3n) is 7.19. The summed E-state index contributed by atoms with van der Waals surface area (Å²) in [7, 11) is 0. The van der Waals surface area contributed by atoms with E-state index in [1.165, 1.54) is 6.07 Å². The summed E-state index contributed by atoms with van der Waals surface area (Å²) in [5, 5.41) is 20.6. The first-order chi connectivity index (χ1) is 18.6. The summed E-state index contributed by atoms with van der Waals surface area (Å²) >= 11 is 5.35. The Hall–Kier alpha value is -5.01. The minimum atomic E-state index is -0.675. The number of nitrogens with one attached hydrogen (secondary N) is 5. The van der Waals surface area contributed by atoms with Crippen molar-refractivity contribution in [1.29, 1.82) is 5.26 Å². The molecule has 9 nitrogen and oxygen atoms in total. The highest BCUT2D eigenvalue weighted by Crippen LogP contribution is 2.34. The Balaban J connectivity index is 1.81. The number of aryl methyl sites for hydroxylation is 2. The molecule has 0 fully saturated rings. The number of aromatic nitrogens is 5. The number of carbonyl (C=O) groups is 1. The van der Waals surface area contributed by atoms with Crippen LogP contribution in [-0.2, 0) is 0 Å². The van der Waals surface area contributed by atoms with Gasteiger partial charge in [-0.05, 0) is 56.0 Å². The van der Waals surface area contributed by atoms with E-state index in [2.05, 4.69) is 25.4 Å². The van der Waals surface area contributed by atoms with E-state index in [0.29, 0.717) is 17.0 Å². The van der Waals surface area contributed by atoms with Gasteiger partial charge in [-0.25, -0.2) is 0 Å². The van der Waals surface area contributed by atoms with Gasteiger partial charge in [-0.1, -0.05) is 48.6 Å². The molecule has 0 saturated carbocycles. The van der Waals surface area contributed by atoms with E-state index in [-0.39, 0.29) is 32.6 Å². The third kappa shape index (κ3) is 4.19. The van der Waals surface area contributed by atoms with E-state index in [1.54, 1.807) is 0 Å². The highest BCUT2D eigenvalue weighted by atomic mass is 32.1. The predicted octanol–water partition coefficient (Wildman–Crippen LogP) is 5.11. The van der Waals surface area contributed by atoms with Crippen LogP contribution in [-0.4, -0.2) is 31.2 Å². The first kappa shape index (κ1) is 25.6. The minimum Gasteiger partial charge on any atom is -0.342 e. The summed E-state index contributed by atoms with van der Waals surface area (Å²) in [6, 6.07) is 14.7. The lowest BCUT2D eigenvalue weighted by atomic mass is 9.92. The Morgan fingerprint density at radius 2 is 1.36 bits per heavy atom. The van der Waals surface area contributed by atoms with E-state index in [9.17, 15) is 19.6 Å². The van der Waals surface area contributed by atoms with Crippen LogP contribution in [0.1, 0.15) is 43.9 Å². The molecular weight excluding hydrogens is 512 g/mol. The lowest BCUT2D eigenvalue weighted by Crippen LogP contribution is -2.18. The molecule has 0 spiro atoms. The number of ketones is 1. The van der Waals surface area contributed by atoms with E-state index < -0.39 is 16.9 Å². The van der Waals surface area contributed by atoms with Gasteiger partial charge in [0, 0.05) is 16.7 Å². The van der Waals surface area contributed by atoms with Crippen molar-refractivity contribution in [3.63, 3.8) is 0 Å². The zero-order chi connectivity index (χ0) is 28.0. The topological polar surface area (TPSA) is 154 Å². The number of hydrogen-bond donors (Lipinski definition) is 5. The van der Waals surface area contributed by atoms with Crippen LogP contribution in [0.2, 0.25) is 0 Å². The van der Waals surface area contributed by atoms with E-state index in [0.717, 1.165) is 27.8 Å². The summed E-state index contributed by atoms with van der Waals surface area (Å²) in [6.07, 6.45) is 0. The number of nitrogens with zero attached hydrogens (tertiary/aromatic N) is 1. The Kier molecular flexibility index (Phi) is 6.38. The van der Waals surface area contributed by atoms with Gasteiger partial charge in [0.2, 0.25) is 5.78 Å². The summed E-state index contributed by atoms with van der Waals surface area (Å²) in [4.78, 5) is 43.2. The monoisotopic (exact) mass is 536 g/mol. The number of aromatic amines is 5. The van der Waals surface area contributed by atoms with Crippen molar-refractivity contribution in [2.75, 3.05) is 0 Å². The van der Waals surface area contributed by atoms with Gasteiger partial charge in [-0.15, -0.1) is 0 Å². The maximum atomic E-state index is 14.1. The molecule has 3 aromatic heterocycles. The average molecular weight is 537 g/mol. The number of hydrogen-bond acceptors (Lipinski definition) is 5. The molecule has 5 rings (SSSR count). The molecule has 5 N–H and O–H groups in total. The molecule has 3 heterocycles. The van der Waals surface area contributed by atoms with E-state index >= 15 is 0 Å². The normalized spacial score (nSPS) is 10.9. The van der Waals surface area contributed by atoms with Gasteiger partial charge in [0.15, 0.2) is 0 Å². The molecule has 0 saturated heterocycles. The Bertz CT molecular complexity index is 2010. The van der Waals surface area contributed by atoms with Gasteiger partial charge in [-0.3, -0.25) is 34.8 Å². The zero-order valence-corrected chi connectivity index (χ0v) is 22.4. The maximum Gasteiger partial charge on any atom is 0.275 e. The van der Waals surface area contributed by atoms with Crippen molar-refractivity contribution in [2.24, 2.45) is 0 Å². The first-order valence-electron chi connectivity index (χ1n) is 12.1. The highest BCUT2D eigenvalue weighted by Gasteiger charge is 2.28. The lowest BCUT2D eigenvalue weighted by molar-refractivity contribution is 0.103. The fraction of sp³-hybridized carbons (Fsp3) is 0.138. The van der Waals surface area contributed by atoms with Gasteiger partial charge >= 0.3 is 0 Å². The minimum absolute atomic E-state index is 0.0186. The van der Waals surface area contributed by atoms with Crippen molar-refractivity contribution in [3.8, 4) is 39.7 Å². The Labute approximate surface area is 227 Å². The van der Waals surface area contributed by atoms with Gasteiger partial charge in [-0.2, -0.15) is 5.26 Å². The van der Waals surface area contributed by atoms with Crippen LogP contribution in [0.15, 0.2) is 52.1 Å². The molecule has 0 bridgehead atoms. The number of pyridine rings is 1. The predicted molar refractivity (Wildman–Crippen MR) is 151 cm³/mol. The van der Waals surface area contributed by atoms with Crippen LogP contribution in [0.25, 0.3) is 33.6 Å². The quantitative estimate of drug-likeness (QED) is 0.156. The van der Waals surface area contributed by atoms with Crippen LogP contribution in [0, 0.1) is 43.7 Å². The van der Waals surface area contributed by atoms with Crippen molar-refractivity contribution >= 4 is 18.0 Å². The molecular formula is C29H24N6O3S. The number of benzene rings is 2. The summed E-state index contributed by atoms with van der Waals surface area (Å²) < 4.78 is 0.0186. The highest BCUT2D eigenvalue weighted by molar-refractivity contribution is 7.71. The zero-order valence-electron chi connectivity index (χ0n) is 21.6. The van der Waals surface area contributed by atoms with Crippen LogP contribution in [0.5, 0.6) is 0 Å². The fourth-order valence-electron chi connectivity index (χ4n) is 4.75. The van der Waals surface area contributed by atoms with Gasteiger partial charge in [0.25, 0.3) is 11.1 Å². The molecule has 0 aliphatic carbocycles. The first-order valence-corrected chi connectivity index (χ1v) is 12.5. The van der Waals surface area contributed by atoms with Gasteiger partial charge in [0.1, 0.15) is 16.3 Å². The van der Waals surface area contributed by atoms with Crippen molar-refractivity contribution in [2.45, 2.75) is 27.7 Å². The Morgan fingerprint density at radius 3 is 1.97 bits per heavy atom. The summed E-state index contributed by atoms with van der Waals surface area (Å²) in [5.41, 5.74) is 5.08. The number of carbonyl (C=O) groups excluding carboxylic acids is 1. The number of H-pyrrole nitrogens is 5. The molecule has 0 radical (unpaired) electrons. The molecule has 0 aliphatic rings. The van der Waals surface area contributed by atoms with Crippen LogP contribution < -0.4 is 11.1 Å². The molecule has 0 amide bonds. The maximum absolute atomic E-state index is 14.1. The number of rotatable bonds is 5. The Morgan fingerprint density at radius 1 is 0.795 bits per heavy atom. The average Bonchev–Trinajstić information content (AvgIpc) is 3.49. The number of nitriles is 1. The lowest BCUT2D eigenvalue weighted by Gasteiger charge is -2.13. The second-order valence-corrected chi connectivity index (χ2v) is 9.80. The molecule has 2 aromatic carbocycles. The molecule has 0 atom stereocenters. The second kappa shape index (κ2) is 9.70. The summed E-state index contributed by atoms with van der Waals surface area (Å²) in [6.45, 7) is 7.73. The van der Waals surface area contributed by atoms with Gasteiger partial charge in [0.05, 0.1) is 28.2 Å². The van der Waals surface area contributed by atoms with Gasteiger partial charge < -0.3 is 4.98 Å². The van der Waals surface area contributed by atoms with Crippen LogP contribution >= 0.6 is 12.2 Å². The standard InChI is InChI=1S/C29H24N6O3S/c1-13-7-5-9-18(15(13)3)23-21(27(37)34-32-23)20-11-17(12-30)29(39)31-25(20)26(36)22-24(33-35-28(22)38)19-10-6-8-14(2)16(19)4/h5-11H,1-4H3,(H,31,39)(H2,32,34,37)(H2,33,35,38). The van der Waals surface area contributed by atoms with E-state index in [1.807, 2.05) is 70.2 Å². The molecule has 5 aromatic rings. The second-order valence-electron chi connectivity index (χ2n) is 9.39. The fourth-order valence-corrected chi connectivity index (χ4v) is 4.96. The largest absolute Gasteiger partial charge is 0.342 e. The third-order valence-corrected chi connectivity index (χ3v) is 7.51. The van der Waals surface area contributed by atoms with Crippen LogP contribution in [0.4, 0.5) is 0 Å². The summed E-state index contributed by atoms with van der Waals surface area (Å²) in [5.74, 6) is -0.675. The molecule has 194 valence electrons. The van der Waals surface area contributed by atoms with Crippen molar-refractivity contribution in [3.05, 3.63) is 107 Å². The van der Waals surface area contributed by atoms with Crippen molar-refractivity contribution < 1.29 is 4.79 Å². The molecule has 0 unspecified atom stereocenters.